The molecule has 8 heteroatoms. The highest BCUT2D eigenvalue weighted by atomic mass is 35.5. The van der Waals surface area contributed by atoms with E-state index in [-0.39, 0.29) is 17.3 Å². The van der Waals surface area contributed by atoms with Crippen molar-refractivity contribution < 1.29 is 13.2 Å². The van der Waals surface area contributed by atoms with Crippen molar-refractivity contribution in [3.63, 3.8) is 0 Å². The molecular formula is C27H30ClN3O3S. The van der Waals surface area contributed by atoms with Crippen LogP contribution < -0.4 is 4.31 Å². The number of carbonyl (C=O) groups excluding carboxylic acids is 1. The average molecular weight is 512 g/mol. The topological polar surface area (TPSA) is 60.9 Å². The van der Waals surface area contributed by atoms with Crippen LogP contribution in [0.4, 0.5) is 5.69 Å². The number of hydrogen-bond acceptors (Lipinski definition) is 4. The summed E-state index contributed by atoms with van der Waals surface area (Å²) in [4.78, 5) is 17.5. The number of anilines is 1. The summed E-state index contributed by atoms with van der Waals surface area (Å²) in [6.07, 6.45) is 0. The van der Waals surface area contributed by atoms with Crippen LogP contribution in [0.5, 0.6) is 0 Å². The van der Waals surface area contributed by atoms with Crippen LogP contribution in [0.1, 0.15) is 16.7 Å². The van der Waals surface area contributed by atoms with Crippen LogP contribution >= 0.6 is 11.6 Å². The SMILES string of the molecule is Cc1ccc(S(=O)(=O)N(CC(=O)N2CCN(Cc3ccccc3)CC2)c2ccc(Cl)cc2C)cc1. The van der Waals surface area contributed by atoms with Crippen molar-refractivity contribution in [3.05, 3.63) is 94.5 Å². The maximum atomic E-state index is 13.7. The van der Waals surface area contributed by atoms with E-state index in [2.05, 4.69) is 17.0 Å². The van der Waals surface area contributed by atoms with Crippen molar-refractivity contribution in [3.8, 4) is 0 Å². The van der Waals surface area contributed by atoms with Gasteiger partial charge in [-0.2, -0.15) is 0 Å². The second kappa shape index (κ2) is 10.8. The average Bonchev–Trinajstić information content (AvgIpc) is 2.84. The Morgan fingerprint density at radius 2 is 1.57 bits per heavy atom. The molecule has 1 aliphatic rings. The van der Waals surface area contributed by atoms with E-state index in [9.17, 15) is 13.2 Å². The quantitative estimate of drug-likeness (QED) is 0.468. The Kier molecular flexibility index (Phi) is 7.79. The maximum Gasteiger partial charge on any atom is 0.264 e. The molecule has 0 radical (unpaired) electrons. The molecule has 1 amide bonds. The van der Waals surface area contributed by atoms with Crippen LogP contribution in [0.3, 0.4) is 0 Å². The van der Waals surface area contributed by atoms with E-state index < -0.39 is 10.0 Å². The third-order valence-electron chi connectivity index (χ3n) is 6.29. The lowest BCUT2D eigenvalue weighted by Crippen LogP contribution is -2.51. The molecule has 4 rings (SSSR count). The monoisotopic (exact) mass is 511 g/mol. The van der Waals surface area contributed by atoms with Crippen LogP contribution in [0.15, 0.2) is 77.7 Å². The number of benzene rings is 3. The molecule has 0 aromatic heterocycles. The molecule has 0 saturated carbocycles. The van der Waals surface area contributed by atoms with E-state index in [1.807, 2.05) is 25.1 Å². The standard InChI is InChI=1S/C27H30ClN3O3S/c1-21-8-11-25(12-9-21)35(33,34)31(26-13-10-24(28)18-22(26)2)20-27(32)30-16-14-29(15-17-30)19-23-6-4-3-5-7-23/h3-13,18H,14-17,19-20H2,1-2H3. The van der Waals surface area contributed by atoms with Crippen LogP contribution in [0, 0.1) is 13.8 Å². The number of aryl methyl sites for hydroxylation is 2. The van der Waals surface area contributed by atoms with E-state index in [4.69, 9.17) is 11.6 Å². The lowest BCUT2D eigenvalue weighted by atomic mass is 10.2. The summed E-state index contributed by atoms with van der Waals surface area (Å²) in [6, 6.07) is 21.9. The van der Waals surface area contributed by atoms with Gasteiger partial charge in [-0.05, 0) is 55.3 Å². The van der Waals surface area contributed by atoms with Gasteiger partial charge in [0, 0.05) is 37.7 Å². The molecule has 3 aromatic rings. The van der Waals surface area contributed by atoms with Gasteiger partial charge in [0.05, 0.1) is 10.6 Å². The minimum absolute atomic E-state index is 0.151. The van der Waals surface area contributed by atoms with Gasteiger partial charge >= 0.3 is 0 Å². The summed E-state index contributed by atoms with van der Waals surface area (Å²) in [7, 11) is -3.96. The summed E-state index contributed by atoms with van der Waals surface area (Å²) in [6.45, 7) is 6.87. The molecule has 1 saturated heterocycles. The Balaban J connectivity index is 1.52. The first kappa shape index (κ1) is 25.2. The largest absolute Gasteiger partial charge is 0.339 e. The number of halogens is 1. The zero-order valence-electron chi connectivity index (χ0n) is 20.0. The van der Waals surface area contributed by atoms with E-state index in [0.29, 0.717) is 29.4 Å². The normalized spacial score (nSPS) is 14.7. The van der Waals surface area contributed by atoms with E-state index in [0.717, 1.165) is 25.2 Å². The Morgan fingerprint density at radius 1 is 0.914 bits per heavy atom. The molecule has 6 nitrogen and oxygen atoms in total. The lowest BCUT2D eigenvalue weighted by Gasteiger charge is -2.36. The molecule has 0 N–H and O–H groups in total. The molecule has 0 unspecified atom stereocenters. The smallest absolute Gasteiger partial charge is 0.264 e. The van der Waals surface area contributed by atoms with Gasteiger partial charge in [-0.25, -0.2) is 8.42 Å². The minimum atomic E-state index is -3.96. The van der Waals surface area contributed by atoms with Crippen molar-refractivity contribution in [2.45, 2.75) is 25.3 Å². The fraction of sp³-hybridized carbons (Fsp3) is 0.296. The molecule has 0 aliphatic carbocycles. The van der Waals surface area contributed by atoms with E-state index in [1.165, 1.54) is 9.87 Å². The molecule has 1 fully saturated rings. The second-order valence-electron chi connectivity index (χ2n) is 8.90. The molecule has 0 spiro atoms. The van der Waals surface area contributed by atoms with Crippen LogP contribution in [-0.4, -0.2) is 56.8 Å². The van der Waals surface area contributed by atoms with Gasteiger partial charge in [-0.3, -0.25) is 14.0 Å². The number of carbonyl (C=O) groups is 1. The van der Waals surface area contributed by atoms with Crippen LogP contribution in [0.2, 0.25) is 5.02 Å². The van der Waals surface area contributed by atoms with Crippen LogP contribution in [0.25, 0.3) is 0 Å². The van der Waals surface area contributed by atoms with Crippen molar-refractivity contribution in [2.24, 2.45) is 0 Å². The number of rotatable bonds is 7. The number of hydrogen-bond donors (Lipinski definition) is 0. The minimum Gasteiger partial charge on any atom is -0.339 e. The molecule has 1 aliphatic heterocycles. The number of sulfonamides is 1. The van der Waals surface area contributed by atoms with Gasteiger partial charge in [0.1, 0.15) is 6.54 Å². The van der Waals surface area contributed by atoms with E-state index in [1.54, 1.807) is 54.3 Å². The van der Waals surface area contributed by atoms with Gasteiger partial charge in [0.25, 0.3) is 10.0 Å². The first-order valence-corrected chi connectivity index (χ1v) is 13.5. The van der Waals surface area contributed by atoms with Gasteiger partial charge < -0.3 is 4.90 Å². The molecule has 35 heavy (non-hydrogen) atoms. The number of amides is 1. The fourth-order valence-corrected chi connectivity index (χ4v) is 5.96. The third kappa shape index (κ3) is 6.04. The Morgan fingerprint density at radius 3 is 2.20 bits per heavy atom. The summed E-state index contributed by atoms with van der Waals surface area (Å²) in [5.74, 6) is -0.214. The van der Waals surface area contributed by atoms with Gasteiger partial charge in [0.2, 0.25) is 5.91 Å². The summed E-state index contributed by atoms with van der Waals surface area (Å²) < 4.78 is 28.5. The highest BCUT2D eigenvalue weighted by molar-refractivity contribution is 7.92. The molecule has 0 bridgehead atoms. The second-order valence-corrected chi connectivity index (χ2v) is 11.2. The molecular weight excluding hydrogens is 482 g/mol. The van der Waals surface area contributed by atoms with Crippen LogP contribution in [-0.2, 0) is 21.4 Å². The Bertz CT molecular complexity index is 1270. The maximum absolute atomic E-state index is 13.7. The molecule has 1 heterocycles. The van der Waals surface area contributed by atoms with Gasteiger partial charge in [-0.1, -0.05) is 59.6 Å². The Labute approximate surface area is 212 Å². The zero-order valence-corrected chi connectivity index (χ0v) is 21.6. The van der Waals surface area contributed by atoms with E-state index >= 15 is 0 Å². The summed E-state index contributed by atoms with van der Waals surface area (Å²) in [5, 5.41) is 0.514. The molecule has 0 atom stereocenters. The first-order chi connectivity index (χ1) is 16.7. The molecule has 3 aromatic carbocycles. The third-order valence-corrected chi connectivity index (χ3v) is 8.30. The summed E-state index contributed by atoms with van der Waals surface area (Å²) >= 11 is 6.12. The number of nitrogens with zero attached hydrogens (tertiary/aromatic N) is 3. The predicted molar refractivity (Wildman–Crippen MR) is 140 cm³/mol. The fourth-order valence-electron chi connectivity index (χ4n) is 4.26. The van der Waals surface area contributed by atoms with Crippen molar-refractivity contribution in [2.75, 3.05) is 37.0 Å². The van der Waals surface area contributed by atoms with Gasteiger partial charge in [0.15, 0.2) is 0 Å². The summed E-state index contributed by atoms with van der Waals surface area (Å²) in [5.41, 5.74) is 3.34. The highest BCUT2D eigenvalue weighted by Crippen LogP contribution is 2.29. The number of piperazine rings is 1. The zero-order chi connectivity index (χ0) is 25.0. The molecule has 184 valence electrons. The van der Waals surface area contributed by atoms with Crippen molar-refractivity contribution in [1.82, 2.24) is 9.80 Å². The predicted octanol–water partition coefficient (Wildman–Crippen LogP) is 4.50. The van der Waals surface area contributed by atoms with Crippen molar-refractivity contribution >= 4 is 33.2 Å². The first-order valence-electron chi connectivity index (χ1n) is 11.6. The van der Waals surface area contributed by atoms with Gasteiger partial charge in [-0.15, -0.1) is 0 Å². The lowest BCUT2D eigenvalue weighted by molar-refractivity contribution is -0.131. The Hall–Kier alpha value is -2.87. The highest BCUT2D eigenvalue weighted by Gasteiger charge is 2.31. The van der Waals surface area contributed by atoms with Crippen molar-refractivity contribution in [1.29, 1.82) is 0 Å².